The molecule has 2 atom stereocenters. The van der Waals surface area contributed by atoms with E-state index in [0.717, 1.165) is 10.5 Å². The fourth-order valence-corrected chi connectivity index (χ4v) is 5.92. The fourth-order valence-electron chi connectivity index (χ4n) is 5.80. The monoisotopic (exact) mass is 594 g/mol. The molecule has 4 aromatic rings. The van der Waals surface area contributed by atoms with E-state index < -0.39 is 17.8 Å². The zero-order valence-electron chi connectivity index (χ0n) is 23.5. The van der Waals surface area contributed by atoms with E-state index >= 15 is 0 Å². The topological polar surface area (TPSA) is 93.2 Å². The van der Waals surface area contributed by atoms with Crippen molar-refractivity contribution < 1.29 is 28.7 Å². The number of para-hydroxylation sites is 1. The number of hydrogen-bond donors (Lipinski definition) is 0. The highest BCUT2D eigenvalue weighted by molar-refractivity contribution is 6.34. The zero-order valence-corrected chi connectivity index (χ0v) is 24.2. The van der Waals surface area contributed by atoms with Gasteiger partial charge in [0.25, 0.3) is 17.7 Å². The van der Waals surface area contributed by atoms with Gasteiger partial charge in [-0.1, -0.05) is 41.9 Å². The van der Waals surface area contributed by atoms with Crippen molar-refractivity contribution in [2.24, 2.45) is 0 Å². The third kappa shape index (κ3) is 5.04. The lowest BCUT2D eigenvalue weighted by Crippen LogP contribution is -2.37. The summed E-state index contributed by atoms with van der Waals surface area (Å²) >= 11 is 6.03. The van der Waals surface area contributed by atoms with Gasteiger partial charge in [-0.2, -0.15) is 0 Å². The standard InChI is InChI=1S/C34H27ClN2O6/c1-20-27(28-17-24(42-2)15-16-30(28)36(20)32(39)21-11-13-23(35)14-12-21)18-31(38)43-19-22-7-3-6-10-29(22)37-33(40)25-8-4-5-9-26(25)34(37)41/h3-17,20,27H,18-19H2,1-2H3. The predicted octanol–water partition coefficient (Wildman–Crippen LogP) is 6.42. The average molecular weight is 595 g/mol. The minimum absolute atomic E-state index is 0.000908. The highest BCUT2D eigenvalue weighted by Crippen LogP contribution is 2.45. The van der Waals surface area contributed by atoms with Crippen LogP contribution in [0.4, 0.5) is 11.4 Å². The maximum absolute atomic E-state index is 13.6. The largest absolute Gasteiger partial charge is 0.497 e. The van der Waals surface area contributed by atoms with Gasteiger partial charge in [-0.25, -0.2) is 4.90 Å². The van der Waals surface area contributed by atoms with E-state index in [0.29, 0.717) is 44.4 Å². The van der Waals surface area contributed by atoms with Crippen molar-refractivity contribution in [1.29, 1.82) is 0 Å². The Morgan fingerprint density at radius 1 is 0.837 bits per heavy atom. The molecule has 43 heavy (non-hydrogen) atoms. The van der Waals surface area contributed by atoms with Crippen LogP contribution in [0.5, 0.6) is 5.75 Å². The Labute approximate surface area is 253 Å². The number of halogens is 1. The van der Waals surface area contributed by atoms with E-state index in [2.05, 4.69) is 0 Å². The number of nitrogens with zero attached hydrogens (tertiary/aromatic N) is 2. The first kappa shape index (κ1) is 28.2. The van der Waals surface area contributed by atoms with Crippen LogP contribution in [0.15, 0.2) is 91.0 Å². The van der Waals surface area contributed by atoms with Crippen molar-refractivity contribution in [2.75, 3.05) is 16.9 Å². The summed E-state index contributed by atoms with van der Waals surface area (Å²) in [6, 6.07) is 25.3. The Balaban J connectivity index is 1.21. The summed E-state index contributed by atoms with van der Waals surface area (Å²) in [6.45, 7) is 1.76. The second kappa shape index (κ2) is 11.4. The molecule has 0 fully saturated rings. The molecule has 0 saturated carbocycles. The number of esters is 1. The van der Waals surface area contributed by atoms with Crippen LogP contribution in [0.1, 0.15) is 61.5 Å². The molecule has 0 aliphatic carbocycles. The minimum Gasteiger partial charge on any atom is -0.497 e. The second-order valence-corrected chi connectivity index (χ2v) is 10.9. The molecule has 0 saturated heterocycles. The average Bonchev–Trinajstić information content (AvgIpc) is 3.44. The Kier molecular flexibility index (Phi) is 7.46. The van der Waals surface area contributed by atoms with Crippen molar-refractivity contribution in [1.82, 2.24) is 0 Å². The van der Waals surface area contributed by atoms with E-state index in [4.69, 9.17) is 21.1 Å². The van der Waals surface area contributed by atoms with Gasteiger partial charge in [0, 0.05) is 33.8 Å². The molecule has 2 aliphatic rings. The highest BCUT2D eigenvalue weighted by atomic mass is 35.5. The number of methoxy groups -OCH3 is 1. The van der Waals surface area contributed by atoms with Crippen LogP contribution in [-0.4, -0.2) is 36.8 Å². The summed E-state index contributed by atoms with van der Waals surface area (Å²) in [6.07, 6.45) is 0.000908. The number of carbonyl (C=O) groups excluding carboxylic acids is 4. The summed E-state index contributed by atoms with van der Waals surface area (Å²) in [5.74, 6) is -1.28. The first-order valence-electron chi connectivity index (χ1n) is 13.8. The number of amides is 3. The van der Waals surface area contributed by atoms with E-state index in [-0.39, 0.29) is 30.9 Å². The van der Waals surface area contributed by atoms with Gasteiger partial charge in [0.15, 0.2) is 0 Å². The van der Waals surface area contributed by atoms with Crippen molar-refractivity contribution in [3.63, 3.8) is 0 Å². The maximum Gasteiger partial charge on any atom is 0.306 e. The number of anilines is 2. The maximum atomic E-state index is 13.6. The molecule has 0 N–H and O–H groups in total. The number of ether oxygens (including phenoxy) is 2. The van der Waals surface area contributed by atoms with Gasteiger partial charge < -0.3 is 14.4 Å². The van der Waals surface area contributed by atoms with Crippen molar-refractivity contribution in [3.05, 3.63) is 124 Å². The number of carbonyl (C=O) groups is 4. The molecule has 2 heterocycles. The van der Waals surface area contributed by atoms with Gasteiger partial charge in [-0.05, 0) is 73.2 Å². The Morgan fingerprint density at radius 3 is 2.16 bits per heavy atom. The van der Waals surface area contributed by atoms with E-state index in [1.54, 1.807) is 90.9 Å². The molecule has 0 radical (unpaired) electrons. The van der Waals surface area contributed by atoms with Gasteiger partial charge in [0.2, 0.25) is 0 Å². The van der Waals surface area contributed by atoms with Gasteiger partial charge in [-0.15, -0.1) is 0 Å². The van der Waals surface area contributed by atoms with E-state index in [1.165, 1.54) is 0 Å². The third-order valence-corrected chi connectivity index (χ3v) is 8.25. The summed E-state index contributed by atoms with van der Waals surface area (Å²) in [5, 5.41) is 0.529. The fraction of sp³-hybridized carbons (Fsp3) is 0.176. The molecular weight excluding hydrogens is 568 g/mol. The number of imide groups is 1. The smallest absolute Gasteiger partial charge is 0.306 e. The molecule has 9 heteroatoms. The van der Waals surface area contributed by atoms with Crippen LogP contribution in [0.3, 0.4) is 0 Å². The van der Waals surface area contributed by atoms with E-state index in [9.17, 15) is 19.2 Å². The Morgan fingerprint density at radius 2 is 1.49 bits per heavy atom. The zero-order chi connectivity index (χ0) is 30.2. The van der Waals surface area contributed by atoms with Crippen LogP contribution < -0.4 is 14.5 Å². The summed E-state index contributed by atoms with van der Waals surface area (Å²) < 4.78 is 11.1. The van der Waals surface area contributed by atoms with Crippen LogP contribution in [0, 0.1) is 0 Å². The molecule has 0 spiro atoms. The van der Waals surface area contributed by atoms with Crippen molar-refractivity contribution in [2.45, 2.75) is 31.9 Å². The lowest BCUT2D eigenvalue weighted by molar-refractivity contribution is -0.145. The molecular formula is C34H27ClN2O6. The molecule has 2 unspecified atom stereocenters. The van der Waals surface area contributed by atoms with Crippen molar-refractivity contribution in [3.8, 4) is 5.75 Å². The molecule has 6 rings (SSSR count). The SMILES string of the molecule is COc1ccc2c(c1)C(CC(=O)OCc1ccccc1N1C(=O)c3ccccc3C1=O)C(C)N2C(=O)c1ccc(Cl)cc1. The highest BCUT2D eigenvalue weighted by Gasteiger charge is 2.41. The molecule has 0 aromatic heterocycles. The lowest BCUT2D eigenvalue weighted by Gasteiger charge is -2.25. The summed E-state index contributed by atoms with van der Waals surface area (Å²) in [5.41, 5.74) is 3.53. The number of hydrogen-bond acceptors (Lipinski definition) is 6. The van der Waals surface area contributed by atoms with E-state index in [1.807, 2.05) is 19.1 Å². The van der Waals surface area contributed by atoms with Crippen LogP contribution >= 0.6 is 11.6 Å². The van der Waals surface area contributed by atoms with Crippen LogP contribution in [0.2, 0.25) is 5.02 Å². The first-order valence-corrected chi connectivity index (χ1v) is 14.1. The van der Waals surface area contributed by atoms with Crippen molar-refractivity contribution >= 4 is 46.7 Å². The van der Waals surface area contributed by atoms with Crippen LogP contribution in [-0.2, 0) is 16.1 Å². The number of benzene rings is 4. The quantitative estimate of drug-likeness (QED) is 0.181. The van der Waals surface area contributed by atoms with Gasteiger partial charge in [0.05, 0.1) is 30.3 Å². The summed E-state index contributed by atoms with van der Waals surface area (Å²) in [4.78, 5) is 55.9. The third-order valence-electron chi connectivity index (χ3n) is 8.00. The summed E-state index contributed by atoms with van der Waals surface area (Å²) in [7, 11) is 1.56. The van der Waals surface area contributed by atoms with Crippen LogP contribution in [0.25, 0.3) is 0 Å². The minimum atomic E-state index is -0.483. The number of fused-ring (bicyclic) bond motifs is 2. The molecule has 8 nitrogen and oxygen atoms in total. The molecule has 3 amide bonds. The second-order valence-electron chi connectivity index (χ2n) is 10.4. The molecule has 0 bridgehead atoms. The lowest BCUT2D eigenvalue weighted by atomic mass is 9.92. The van der Waals surface area contributed by atoms with Gasteiger partial charge >= 0.3 is 5.97 Å². The molecule has 4 aromatic carbocycles. The molecule has 216 valence electrons. The normalized spacial score (nSPS) is 17.1. The molecule has 2 aliphatic heterocycles. The first-order chi connectivity index (χ1) is 20.8. The Hall–Kier alpha value is -4.95. The number of rotatable bonds is 7. The predicted molar refractivity (Wildman–Crippen MR) is 162 cm³/mol. The van der Waals surface area contributed by atoms with Gasteiger partial charge in [-0.3, -0.25) is 19.2 Å². The Bertz CT molecular complexity index is 1730. The van der Waals surface area contributed by atoms with Gasteiger partial charge in [0.1, 0.15) is 12.4 Å².